The van der Waals surface area contributed by atoms with E-state index < -0.39 is 0 Å². The molecule has 1 amide bonds. The molecule has 0 aliphatic carbocycles. The summed E-state index contributed by atoms with van der Waals surface area (Å²) in [5.74, 6) is 0.942. The lowest BCUT2D eigenvalue weighted by molar-refractivity contribution is -0.131. The predicted octanol–water partition coefficient (Wildman–Crippen LogP) is 3.96. The average Bonchev–Trinajstić information content (AvgIpc) is 3.01. The molecule has 0 spiro atoms. The summed E-state index contributed by atoms with van der Waals surface area (Å²) in [4.78, 5) is 18.1. The fraction of sp³-hybridized carbons (Fsp3) is 0.250. The molecule has 25 heavy (non-hydrogen) atoms. The van der Waals surface area contributed by atoms with Gasteiger partial charge in [-0.25, -0.2) is 0 Å². The van der Waals surface area contributed by atoms with E-state index in [1.165, 1.54) is 11.3 Å². The molecule has 0 radical (unpaired) electrons. The molecule has 2 heterocycles. The number of hydrogen-bond donors (Lipinski definition) is 1. The highest BCUT2D eigenvalue weighted by Gasteiger charge is 2.25. The van der Waals surface area contributed by atoms with E-state index in [1.54, 1.807) is 7.11 Å². The lowest BCUT2D eigenvalue weighted by Crippen LogP contribution is -2.36. The van der Waals surface area contributed by atoms with Crippen LogP contribution in [-0.4, -0.2) is 29.4 Å². The van der Waals surface area contributed by atoms with E-state index in [1.807, 2.05) is 41.3 Å². The topological polar surface area (TPSA) is 45.3 Å². The first-order chi connectivity index (χ1) is 12.2. The standard InChI is InChI=1S/C20H19ClN2O2/c1-25-18-8-4-6-14-15-12-23(10-9-17(15)22-20(14)18)19(24)11-13-5-2-3-7-16(13)21/h2-8,22H,9-12H2,1H3. The number of halogens is 1. The number of para-hydroxylation sites is 1. The molecule has 1 aromatic heterocycles. The zero-order valence-electron chi connectivity index (χ0n) is 14.0. The number of hydrogen-bond acceptors (Lipinski definition) is 2. The van der Waals surface area contributed by atoms with E-state index in [0.29, 0.717) is 24.5 Å². The monoisotopic (exact) mass is 354 g/mol. The maximum atomic E-state index is 12.7. The molecule has 0 bridgehead atoms. The molecule has 2 aromatic carbocycles. The van der Waals surface area contributed by atoms with Crippen molar-refractivity contribution in [3.05, 3.63) is 64.3 Å². The Morgan fingerprint density at radius 3 is 2.88 bits per heavy atom. The molecule has 1 aliphatic heterocycles. The molecule has 1 aliphatic rings. The second-order valence-electron chi connectivity index (χ2n) is 6.30. The molecule has 3 aromatic rings. The predicted molar refractivity (Wildman–Crippen MR) is 99.1 cm³/mol. The molecule has 0 atom stereocenters. The maximum absolute atomic E-state index is 12.7. The van der Waals surface area contributed by atoms with Crippen LogP contribution in [0.2, 0.25) is 5.02 Å². The number of amides is 1. The van der Waals surface area contributed by atoms with Gasteiger partial charge in [0.2, 0.25) is 5.91 Å². The van der Waals surface area contributed by atoms with E-state index in [9.17, 15) is 4.79 Å². The van der Waals surface area contributed by atoms with Crippen molar-refractivity contribution in [2.24, 2.45) is 0 Å². The summed E-state index contributed by atoms with van der Waals surface area (Å²) in [6, 6.07) is 13.5. The summed E-state index contributed by atoms with van der Waals surface area (Å²) < 4.78 is 5.45. The Balaban J connectivity index is 1.60. The number of carbonyl (C=O) groups excluding carboxylic acids is 1. The Bertz CT molecular complexity index is 948. The van der Waals surface area contributed by atoms with Crippen molar-refractivity contribution in [1.29, 1.82) is 0 Å². The Morgan fingerprint density at radius 1 is 1.24 bits per heavy atom. The van der Waals surface area contributed by atoms with Gasteiger partial charge in [-0.3, -0.25) is 4.79 Å². The van der Waals surface area contributed by atoms with E-state index >= 15 is 0 Å². The van der Waals surface area contributed by atoms with E-state index in [4.69, 9.17) is 16.3 Å². The Kier molecular flexibility index (Phi) is 4.14. The third-order valence-corrected chi connectivity index (χ3v) is 5.21. The quantitative estimate of drug-likeness (QED) is 0.773. The number of aromatic nitrogens is 1. The number of aromatic amines is 1. The molecule has 4 nitrogen and oxygen atoms in total. The molecule has 1 N–H and O–H groups in total. The number of nitrogens with one attached hydrogen (secondary N) is 1. The van der Waals surface area contributed by atoms with E-state index in [2.05, 4.69) is 11.1 Å². The van der Waals surface area contributed by atoms with Crippen molar-refractivity contribution < 1.29 is 9.53 Å². The highest BCUT2D eigenvalue weighted by molar-refractivity contribution is 6.31. The second kappa shape index (κ2) is 6.45. The van der Waals surface area contributed by atoms with Gasteiger partial charge in [0.15, 0.2) is 0 Å². The van der Waals surface area contributed by atoms with Crippen LogP contribution in [-0.2, 0) is 24.2 Å². The van der Waals surface area contributed by atoms with Gasteiger partial charge >= 0.3 is 0 Å². The number of methoxy groups -OCH3 is 1. The van der Waals surface area contributed by atoms with Crippen LogP contribution >= 0.6 is 11.6 Å². The van der Waals surface area contributed by atoms with Gasteiger partial charge in [-0.15, -0.1) is 0 Å². The fourth-order valence-corrected chi connectivity index (χ4v) is 3.71. The molecule has 4 rings (SSSR count). The van der Waals surface area contributed by atoms with E-state index in [0.717, 1.165) is 28.6 Å². The minimum absolute atomic E-state index is 0.107. The van der Waals surface area contributed by atoms with Crippen molar-refractivity contribution in [2.75, 3.05) is 13.7 Å². The number of fused-ring (bicyclic) bond motifs is 3. The minimum Gasteiger partial charge on any atom is -0.495 e. The van der Waals surface area contributed by atoms with E-state index in [-0.39, 0.29) is 5.91 Å². The Hall–Kier alpha value is -2.46. The first kappa shape index (κ1) is 16.0. The zero-order valence-corrected chi connectivity index (χ0v) is 14.8. The van der Waals surface area contributed by atoms with Crippen molar-refractivity contribution in [3.63, 3.8) is 0 Å². The van der Waals surface area contributed by atoms with Gasteiger partial charge in [-0.2, -0.15) is 0 Å². The number of H-pyrrole nitrogens is 1. The van der Waals surface area contributed by atoms with Crippen LogP contribution in [0.5, 0.6) is 5.75 Å². The molecule has 5 heteroatoms. The van der Waals surface area contributed by atoms with Crippen LogP contribution in [0.4, 0.5) is 0 Å². The van der Waals surface area contributed by atoms with Gasteiger partial charge in [0.25, 0.3) is 0 Å². The third kappa shape index (κ3) is 2.87. The smallest absolute Gasteiger partial charge is 0.227 e. The van der Waals surface area contributed by atoms with Crippen LogP contribution < -0.4 is 4.74 Å². The van der Waals surface area contributed by atoms with Gasteiger partial charge < -0.3 is 14.6 Å². The minimum atomic E-state index is 0.107. The van der Waals surface area contributed by atoms with Gasteiger partial charge in [0.1, 0.15) is 5.75 Å². The third-order valence-electron chi connectivity index (χ3n) is 4.84. The molecular weight excluding hydrogens is 336 g/mol. The van der Waals surface area contributed by atoms with Gasteiger partial charge in [0.05, 0.1) is 19.0 Å². The lowest BCUT2D eigenvalue weighted by atomic mass is 10.0. The number of ether oxygens (including phenoxy) is 1. The molecule has 0 fully saturated rings. The van der Waals surface area contributed by atoms with Crippen molar-refractivity contribution in [2.45, 2.75) is 19.4 Å². The second-order valence-corrected chi connectivity index (χ2v) is 6.71. The van der Waals surface area contributed by atoms with Gasteiger partial charge in [-0.1, -0.05) is 41.9 Å². The number of rotatable bonds is 3. The van der Waals surface area contributed by atoms with Crippen LogP contribution in [0.15, 0.2) is 42.5 Å². The van der Waals surface area contributed by atoms with Crippen LogP contribution in [0.3, 0.4) is 0 Å². The maximum Gasteiger partial charge on any atom is 0.227 e. The van der Waals surface area contributed by atoms with Crippen molar-refractivity contribution >= 4 is 28.4 Å². The number of carbonyl (C=O) groups is 1. The van der Waals surface area contributed by atoms with Crippen molar-refractivity contribution in [1.82, 2.24) is 9.88 Å². The van der Waals surface area contributed by atoms with Crippen molar-refractivity contribution in [3.8, 4) is 5.75 Å². The molecule has 0 unspecified atom stereocenters. The Labute approximate surface area is 151 Å². The molecule has 128 valence electrons. The summed E-state index contributed by atoms with van der Waals surface area (Å²) in [5.41, 5.74) is 4.27. The molecule has 0 saturated heterocycles. The summed E-state index contributed by atoms with van der Waals surface area (Å²) in [7, 11) is 1.67. The largest absolute Gasteiger partial charge is 0.495 e. The van der Waals surface area contributed by atoms with Crippen LogP contribution in [0.25, 0.3) is 10.9 Å². The fourth-order valence-electron chi connectivity index (χ4n) is 3.51. The molecule has 0 saturated carbocycles. The van der Waals surface area contributed by atoms with Gasteiger partial charge in [0, 0.05) is 41.2 Å². The SMILES string of the molecule is COc1cccc2c3c([nH]c12)CCN(C(=O)Cc1ccccc1Cl)C3. The Morgan fingerprint density at radius 2 is 2.08 bits per heavy atom. The lowest BCUT2D eigenvalue weighted by Gasteiger charge is -2.27. The first-order valence-corrected chi connectivity index (χ1v) is 8.73. The first-order valence-electron chi connectivity index (χ1n) is 8.35. The van der Waals surface area contributed by atoms with Crippen LogP contribution in [0, 0.1) is 0 Å². The highest BCUT2D eigenvalue weighted by Crippen LogP contribution is 2.33. The summed E-state index contributed by atoms with van der Waals surface area (Å²) in [5, 5.41) is 1.77. The zero-order chi connectivity index (χ0) is 17.4. The van der Waals surface area contributed by atoms with Crippen LogP contribution in [0.1, 0.15) is 16.8 Å². The normalized spacial score (nSPS) is 13.8. The van der Waals surface area contributed by atoms with Gasteiger partial charge in [-0.05, 0) is 17.7 Å². The number of benzene rings is 2. The average molecular weight is 355 g/mol. The summed E-state index contributed by atoms with van der Waals surface area (Å²) in [6.45, 7) is 1.33. The summed E-state index contributed by atoms with van der Waals surface area (Å²) >= 11 is 6.19. The number of nitrogens with zero attached hydrogens (tertiary/aromatic N) is 1. The highest BCUT2D eigenvalue weighted by atomic mass is 35.5. The summed E-state index contributed by atoms with van der Waals surface area (Å²) in [6.07, 6.45) is 1.15. The molecular formula is C20H19ClN2O2.